The summed E-state index contributed by atoms with van der Waals surface area (Å²) in [5.41, 5.74) is 13.4. The van der Waals surface area contributed by atoms with Crippen molar-refractivity contribution >= 4 is 51.1 Å². The third-order valence-electron chi connectivity index (χ3n) is 12.6. The number of nitrogen functional groups attached to an aromatic ring is 2. The zero-order valence-electron chi connectivity index (χ0n) is 33.8. The van der Waals surface area contributed by atoms with E-state index in [1.165, 1.54) is 19.0 Å². The molecule has 5 saturated heterocycles. The molecule has 0 saturated carbocycles. The standard InChI is InChI=1S/C24H41N5O5Si2.C12H15N5O4/c1-14(2)35(15(3)4)31-11-18-20(33-36(34-35,16(5)6)17(7)8)24(9-10-30-24)23(32-18)29-13-28-19-21(25)26-12-27-22(19)29;13-9-7-10(15-4-14-9)17(5-16-7)11-12(1-2-20-12)8(19)6(3-18)21-11/h12-18,20,23H,9-11H2,1-8H3,(H2,25,26,27);4-6,8,11,18-19H,1-3H2,(H2,13,14,15)/t18-,20-,23-,24+;6-,8-,11-,12+/m11/s1. The molecule has 5 aliphatic heterocycles. The number of aliphatic hydroxyl groups is 2. The van der Waals surface area contributed by atoms with Gasteiger partial charge in [-0.3, -0.25) is 9.13 Å². The van der Waals surface area contributed by atoms with E-state index in [-0.39, 0.29) is 46.8 Å². The lowest BCUT2D eigenvalue weighted by molar-refractivity contribution is -0.225. The number of aromatic nitrogens is 8. The lowest BCUT2D eigenvalue weighted by Crippen LogP contribution is -2.68. The molecule has 0 aliphatic carbocycles. The van der Waals surface area contributed by atoms with Gasteiger partial charge in [0.15, 0.2) is 35.4 Å². The maximum Gasteiger partial charge on any atom is 0.335 e. The average Bonchev–Trinajstić information content (AvgIpc) is 3.89. The summed E-state index contributed by atoms with van der Waals surface area (Å²) in [4.78, 5) is 25.3. The molecule has 9 rings (SSSR count). The maximum absolute atomic E-state index is 10.4. The first-order chi connectivity index (χ1) is 27.2. The first-order valence-corrected chi connectivity index (χ1v) is 23.9. The van der Waals surface area contributed by atoms with Crippen LogP contribution in [-0.2, 0) is 31.9 Å². The van der Waals surface area contributed by atoms with Gasteiger partial charge in [-0.25, -0.2) is 29.9 Å². The molecule has 19 nitrogen and oxygen atoms in total. The molecule has 0 amide bonds. The number of fused-ring (bicyclic) bond motifs is 4. The van der Waals surface area contributed by atoms with Gasteiger partial charge in [0.25, 0.3) is 0 Å². The fourth-order valence-electron chi connectivity index (χ4n) is 9.40. The summed E-state index contributed by atoms with van der Waals surface area (Å²) in [7, 11) is -5.47. The lowest BCUT2D eigenvalue weighted by atomic mass is 9.86. The van der Waals surface area contributed by atoms with Gasteiger partial charge in [0, 0.05) is 12.8 Å². The zero-order valence-corrected chi connectivity index (χ0v) is 35.8. The third kappa shape index (κ3) is 6.06. The highest BCUT2D eigenvalue weighted by Crippen LogP contribution is 2.55. The van der Waals surface area contributed by atoms with E-state index in [4.69, 9.17) is 43.4 Å². The molecule has 8 atom stereocenters. The largest absolute Gasteiger partial charge is 0.414 e. The van der Waals surface area contributed by atoms with Crippen molar-refractivity contribution in [3.63, 3.8) is 0 Å². The van der Waals surface area contributed by atoms with Crippen LogP contribution in [0.4, 0.5) is 11.6 Å². The molecule has 4 aromatic rings. The Hall–Kier alpha value is -3.23. The van der Waals surface area contributed by atoms with E-state index < -0.39 is 53.0 Å². The van der Waals surface area contributed by atoms with Gasteiger partial charge in [0.1, 0.15) is 59.3 Å². The summed E-state index contributed by atoms with van der Waals surface area (Å²) in [5.74, 6) is 0.620. The highest BCUT2D eigenvalue weighted by Gasteiger charge is 2.69. The number of nitrogens with zero attached hydrogens (tertiary/aromatic N) is 8. The Balaban J connectivity index is 0.000000183. The molecule has 0 bridgehead atoms. The van der Waals surface area contributed by atoms with Crippen LogP contribution in [0.25, 0.3) is 22.3 Å². The van der Waals surface area contributed by atoms with Gasteiger partial charge in [-0.05, 0) is 22.2 Å². The van der Waals surface area contributed by atoms with E-state index in [0.717, 1.165) is 6.42 Å². The highest BCUT2D eigenvalue weighted by atomic mass is 28.5. The zero-order chi connectivity index (χ0) is 40.7. The molecule has 4 aromatic heterocycles. The first kappa shape index (κ1) is 40.5. The van der Waals surface area contributed by atoms with Crippen molar-refractivity contribution in [1.82, 2.24) is 39.0 Å². The Morgan fingerprint density at radius 3 is 1.67 bits per heavy atom. The van der Waals surface area contributed by atoms with Gasteiger partial charge in [0.05, 0.1) is 39.1 Å². The summed E-state index contributed by atoms with van der Waals surface area (Å²) in [6.07, 6.45) is 4.18. The number of anilines is 2. The quantitative estimate of drug-likeness (QED) is 0.195. The van der Waals surface area contributed by atoms with Crippen LogP contribution >= 0.6 is 0 Å². The Morgan fingerprint density at radius 1 is 0.737 bits per heavy atom. The van der Waals surface area contributed by atoms with Crippen molar-refractivity contribution in [2.75, 3.05) is 37.9 Å². The van der Waals surface area contributed by atoms with Crippen molar-refractivity contribution in [3.05, 3.63) is 25.3 Å². The fraction of sp³-hybridized carbons (Fsp3) is 0.722. The summed E-state index contributed by atoms with van der Waals surface area (Å²) >= 11 is 0. The minimum atomic E-state index is -2.81. The van der Waals surface area contributed by atoms with Crippen LogP contribution in [0.15, 0.2) is 25.3 Å². The molecule has 0 unspecified atom stereocenters. The molecule has 5 aliphatic rings. The average molecular weight is 829 g/mol. The Bertz CT molecular complexity index is 2060. The Kier molecular flexibility index (Phi) is 10.5. The monoisotopic (exact) mass is 828 g/mol. The minimum Gasteiger partial charge on any atom is -0.414 e. The summed E-state index contributed by atoms with van der Waals surface area (Å²) < 4.78 is 49.8. The number of imidazole rings is 2. The topological polar surface area (TPSA) is 244 Å². The molecule has 21 heteroatoms. The van der Waals surface area contributed by atoms with Gasteiger partial charge in [-0.15, -0.1) is 0 Å². The van der Waals surface area contributed by atoms with E-state index in [1.807, 2.05) is 4.57 Å². The summed E-state index contributed by atoms with van der Waals surface area (Å²) in [6, 6.07) is 0. The third-order valence-corrected chi connectivity index (χ3v) is 22.9. The predicted molar refractivity (Wildman–Crippen MR) is 211 cm³/mol. The minimum absolute atomic E-state index is 0.224. The van der Waals surface area contributed by atoms with Gasteiger partial charge in [0.2, 0.25) is 0 Å². The van der Waals surface area contributed by atoms with Crippen LogP contribution in [0.5, 0.6) is 0 Å². The number of rotatable bonds is 7. The van der Waals surface area contributed by atoms with Crippen LogP contribution in [0.3, 0.4) is 0 Å². The second kappa shape index (κ2) is 14.8. The molecule has 0 aromatic carbocycles. The van der Waals surface area contributed by atoms with Gasteiger partial charge in [-0.2, -0.15) is 0 Å². The SMILES string of the molecule is CC(C)[Si]1(C(C)C)OC[C@H]2O[C@@H](n3cnc4c(N)ncnc43)[C@]3(CCO3)[C@@H]2O[Si](C(C)C)(C(C)C)O1.Nc1ncnc2c1ncn2[C@@H]1O[C@H](CO)[C@@H](O)[C@@]12CCO2. The van der Waals surface area contributed by atoms with Crippen LogP contribution < -0.4 is 11.5 Å². The molecule has 5 fully saturated rings. The van der Waals surface area contributed by atoms with Gasteiger partial charge in [-0.1, -0.05) is 55.4 Å². The fourth-order valence-corrected chi connectivity index (χ4v) is 20.6. The van der Waals surface area contributed by atoms with Crippen LogP contribution in [0, 0.1) is 0 Å². The number of aliphatic hydroxyl groups excluding tert-OH is 2. The van der Waals surface area contributed by atoms with E-state index in [1.54, 1.807) is 10.9 Å². The van der Waals surface area contributed by atoms with E-state index in [9.17, 15) is 10.2 Å². The molecule has 312 valence electrons. The molecule has 57 heavy (non-hydrogen) atoms. The van der Waals surface area contributed by atoms with Gasteiger partial charge < -0.3 is 53.6 Å². The highest BCUT2D eigenvalue weighted by molar-refractivity contribution is 6.84. The van der Waals surface area contributed by atoms with Crippen molar-refractivity contribution in [2.45, 2.75) is 138 Å². The second-order valence-corrected chi connectivity index (χ2v) is 25.8. The van der Waals surface area contributed by atoms with Gasteiger partial charge >= 0.3 is 17.1 Å². The summed E-state index contributed by atoms with van der Waals surface area (Å²) in [6.45, 7) is 19.1. The Morgan fingerprint density at radius 2 is 1.23 bits per heavy atom. The van der Waals surface area contributed by atoms with Crippen molar-refractivity contribution < 1.29 is 42.1 Å². The molecule has 0 radical (unpaired) electrons. The molecule has 9 heterocycles. The molecular formula is C36H56N10O9Si2. The number of hydrogen-bond donors (Lipinski definition) is 4. The van der Waals surface area contributed by atoms with E-state index >= 15 is 0 Å². The first-order valence-electron chi connectivity index (χ1n) is 19.9. The van der Waals surface area contributed by atoms with E-state index in [2.05, 4.69) is 85.3 Å². The second-order valence-electron chi connectivity index (χ2n) is 17.0. The van der Waals surface area contributed by atoms with Crippen molar-refractivity contribution in [1.29, 1.82) is 0 Å². The number of nitrogens with two attached hydrogens (primary N) is 2. The molecular weight excluding hydrogens is 773 g/mol. The normalized spacial score (nSPS) is 33.2. The molecule has 6 N–H and O–H groups in total. The molecule has 2 spiro atoms. The lowest BCUT2D eigenvalue weighted by Gasteiger charge is -2.54. The van der Waals surface area contributed by atoms with Crippen molar-refractivity contribution in [2.24, 2.45) is 0 Å². The predicted octanol–water partition coefficient (Wildman–Crippen LogP) is 3.24. The van der Waals surface area contributed by atoms with Crippen molar-refractivity contribution in [3.8, 4) is 0 Å². The van der Waals surface area contributed by atoms with Crippen LogP contribution in [0.2, 0.25) is 22.2 Å². The Labute approximate surface area is 333 Å². The number of ether oxygens (including phenoxy) is 4. The number of hydrogen-bond acceptors (Lipinski definition) is 17. The van der Waals surface area contributed by atoms with Crippen LogP contribution in [0.1, 0.15) is 80.7 Å². The maximum atomic E-state index is 10.4. The van der Waals surface area contributed by atoms with E-state index in [0.29, 0.717) is 54.4 Å². The smallest absolute Gasteiger partial charge is 0.335 e. The summed E-state index contributed by atoms with van der Waals surface area (Å²) in [5, 5.41) is 19.7. The van der Waals surface area contributed by atoms with Crippen LogP contribution in [-0.4, -0.2) is 128 Å².